The van der Waals surface area contributed by atoms with Gasteiger partial charge in [-0.15, -0.1) is 0 Å². The minimum Gasteiger partial charge on any atom is -0.482 e. The van der Waals surface area contributed by atoms with E-state index in [4.69, 9.17) is 10.5 Å². The van der Waals surface area contributed by atoms with Gasteiger partial charge in [-0.1, -0.05) is 18.2 Å². The number of nitrogens with two attached hydrogens (primary N) is 1. The van der Waals surface area contributed by atoms with E-state index in [0.717, 1.165) is 29.4 Å². The maximum atomic E-state index is 5.88. The molecule has 18 heavy (non-hydrogen) atoms. The molecular formula is C14H15N3O. The quantitative estimate of drug-likeness (QED) is 0.872. The summed E-state index contributed by atoms with van der Waals surface area (Å²) in [6.45, 7) is 2.38. The van der Waals surface area contributed by atoms with Crippen molar-refractivity contribution in [2.75, 3.05) is 0 Å². The molecule has 0 saturated heterocycles. The molecule has 92 valence electrons. The Morgan fingerprint density at radius 3 is 2.94 bits per heavy atom. The van der Waals surface area contributed by atoms with E-state index in [0.29, 0.717) is 6.54 Å². The molecule has 1 aromatic carbocycles. The average molecular weight is 241 g/mol. The second-order valence-electron chi connectivity index (χ2n) is 4.48. The van der Waals surface area contributed by atoms with Crippen LogP contribution in [0.2, 0.25) is 0 Å². The fourth-order valence-electron chi connectivity index (χ4n) is 2.23. The highest BCUT2D eigenvalue weighted by Crippen LogP contribution is 2.35. The van der Waals surface area contributed by atoms with Gasteiger partial charge < -0.3 is 10.5 Å². The van der Waals surface area contributed by atoms with Crippen LogP contribution in [0.5, 0.6) is 5.75 Å². The van der Waals surface area contributed by atoms with E-state index in [9.17, 15) is 0 Å². The van der Waals surface area contributed by atoms with Crippen LogP contribution >= 0.6 is 0 Å². The molecule has 0 aliphatic carbocycles. The third kappa shape index (κ3) is 1.95. The number of benzene rings is 1. The predicted octanol–water partition coefficient (Wildman–Crippen LogP) is 1.92. The largest absolute Gasteiger partial charge is 0.482 e. The normalized spacial score (nSPS) is 17.3. The zero-order valence-corrected chi connectivity index (χ0v) is 10.3. The van der Waals surface area contributed by atoms with Crippen molar-refractivity contribution in [1.82, 2.24) is 9.97 Å². The van der Waals surface area contributed by atoms with Crippen LogP contribution in [0.1, 0.15) is 28.9 Å². The van der Waals surface area contributed by atoms with Crippen LogP contribution < -0.4 is 10.5 Å². The molecule has 1 aliphatic heterocycles. The van der Waals surface area contributed by atoms with Gasteiger partial charge in [0.2, 0.25) is 0 Å². The third-order valence-corrected chi connectivity index (χ3v) is 3.07. The molecule has 0 amide bonds. The molecule has 2 aromatic rings. The summed E-state index contributed by atoms with van der Waals surface area (Å²) >= 11 is 0. The zero-order chi connectivity index (χ0) is 12.5. The highest BCUT2D eigenvalue weighted by Gasteiger charge is 2.26. The lowest BCUT2D eigenvalue weighted by atomic mass is 10.1. The first kappa shape index (κ1) is 11.2. The maximum Gasteiger partial charge on any atom is 0.170 e. The van der Waals surface area contributed by atoms with Crippen molar-refractivity contribution >= 4 is 0 Å². The van der Waals surface area contributed by atoms with Crippen molar-refractivity contribution < 1.29 is 4.74 Å². The number of hydrogen-bond donors (Lipinski definition) is 1. The zero-order valence-electron chi connectivity index (χ0n) is 10.3. The van der Waals surface area contributed by atoms with Crippen LogP contribution in [0, 0.1) is 6.92 Å². The minimum atomic E-state index is -0.0902. The number of aromatic nitrogens is 2. The molecule has 1 unspecified atom stereocenters. The van der Waals surface area contributed by atoms with Gasteiger partial charge in [-0.25, -0.2) is 9.97 Å². The second kappa shape index (κ2) is 4.38. The van der Waals surface area contributed by atoms with Crippen LogP contribution in [0.3, 0.4) is 0 Å². The molecule has 1 aromatic heterocycles. The maximum absolute atomic E-state index is 5.88. The smallest absolute Gasteiger partial charge is 0.170 e. The number of fused-ring (bicyclic) bond motifs is 1. The molecular weight excluding hydrogens is 226 g/mol. The summed E-state index contributed by atoms with van der Waals surface area (Å²) in [7, 11) is 0. The Labute approximate surface area is 106 Å². The summed E-state index contributed by atoms with van der Waals surface area (Å²) < 4.78 is 5.88. The average Bonchev–Trinajstić information content (AvgIpc) is 2.81. The van der Waals surface area contributed by atoms with Gasteiger partial charge in [0.25, 0.3) is 0 Å². The van der Waals surface area contributed by atoms with Gasteiger partial charge in [-0.3, -0.25) is 0 Å². The summed E-state index contributed by atoms with van der Waals surface area (Å²) in [4.78, 5) is 8.91. The van der Waals surface area contributed by atoms with E-state index in [1.807, 2.05) is 31.2 Å². The molecule has 2 N–H and O–H groups in total. The van der Waals surface area contributed by atoms with E-state index < -0.39 is 0 Å². The van der Waals surface area contributed by atoms with Gasteiger partial charge in [0.15, 0.2) is 11.9 Å². The van der Waals surface area contributed by atoms with Crippen LogP contribution in [-0.4, -0.2) is 9.97 Å². The van der Waals surface area contributed by atoms with Crippen molar-refractivity contribution in [3.63, 3.8) is 0 Å². The monoisotopic (exact) mass is 241 g/mol. The molecule has 4 nitrogen and oxygen atoms in total. The number of rotatable bonds is 2. The molecule has 4 heteroatoms. The summed E-state index contributed by atoms with van der Waals surface area (Å²) in [6, 6.07) is 9.96. The van der Waals surface area contributed by atoms with Crippen molar-refractivity contribution in [2.24, 2.45) is 5.73 Å². The Kier molecular flexibility index (Phi) is 2.72. The lowest BCUT2D eigenvalue weighted by Gasteiger charge is -2.11. The molecule has 2 heterocycles. The van der Waals surface area contributed by atoms with Gasteiger partial charge in [-0.05, 0) is 24.6 Å². The van der Waals surface area contributed by atoms with Gasteiger partial charge in [0.05, 0.1) is 5.69 Å². The predicted molar refractivity (Wildman–Crippen MR) is 68.2 cm³/mol. The number of aryl methyl sites for hydroxylation is 1. The SMILES string of the molecule is Cc1cc(CN)nc(C2Cc3ccccc3O2)n1. The van der Waals surface area contributed by atoms with Gasteiger partial charge in [-0.2, -0.15) is 0 Å². The molecule has 0 bridgehead atoms. The van der Waals surface area contributed by atoms with Crippen molar-refractivity contribution in [3.8, 4) is 5.75 Å². The standard InChI is InChI=1S/C14H15N3O/c1-9-6-11(8-15)17-14(16-9)13-7-10-4-2-3-5-12(10)18-13/h2-6,13H,7-8,15H2,1H3. The third-order valence-electron chi connectivity index (χ3n) is 3.07. The Balaban J connectivity index is 1.92. The lowest BCUT2D eigenvalue weighted by Crippen LogP contribution is -2.12. The first-order valence-electron chi connectivity index (χ1n) is 6.05. The van der Waals surface area contributed by atoms with Gasteiger partial charge in [0.1, 0.15) is 5.75 Å². The highest BCUT2D eigenvalue weighted by molar-refractivity contribution is 5.38. The van der Waals surface area contributed by atoms with Crippen LogP contribution in [0.4, 0.5) is 0 Å². The van der Waals surface area contributed by atoms with Crippen molar-refractivity contribution in [2.45, 2.75) is 26.0 Å². The van der Waals surface area contributed by atoms with E-state index in [-0.39, 0.29) is 6.10 Å². The Bertz CT molecular complexity index is 558. The number of hydrogen-bond acceptors (Lipinski definition) is 4. The summed E-state index contributed by atoms with van der Waals surface area (Å²) in [5.74, 6) is 1.66. The summed E-state index contributed by atoms with van der Waals surface area (Å²) in [6.07, 6.45) is 0.733. The topological polar surface area (TPSA) is 61.0 Å². The molecule has 0 fully saturated rings. The molecule has 1 aliphatic rings. The molecule has 0 radical (unpaired) electrons. The molecule has 0 saturated carbocycles. The fourth-order valence-corrected chi connectivity index (χ4v) is 2.23. The summed E-state index contributed by atoms with van der Waals surface area (Å²) in [5, 5.41) is 0. The molecule has 0 spiro atoms. The second-order valence-corrected chi connectivity index (χ2v) is 4.48. The van der Waals surface area contributed by atoms with Crippen LogP contribution in [0.25, 0.3) is 0 Å². The van der Waals surface area contributed by atoms with E-state index >= 15 is 0 Å². The fraction of sp³-hybridized carbons (Fsp3) is 0.286. The molecule has 1 atom stereocenters. The van der Waals surface area contributed by atoms with Crippen LogP contribution in [-0.2, 0) is 13.0 Å². The number of nitrogens with zero attached hydrogens (tertiary/aromatic N) is 2. The number of para-hydroxylation sites is 1. The highest BCUT2D eigenvalue weighted by atomic mass is 16.5. The summed E-state index contributed by atoms with van der Waals surface area (Å²) in [5.41, 5.74) is 8.64. The molecule has 3 rings (SSSR count). The van der Waals surface area contributed by atoms with Crippen molar-refractivity contribution in [3.05, 3.63) is 53.1 Å². The first-order chi connectivity index (χ1) is 8.76. The van der Waals surface area contributed by atoms with E-state index in [1.165, 1.54) is 5.56 Å². The van der Waals surface area contributed by atoms with Crippen LogP contribution in [0.15, 0.2) is 30.3 Å². The van der Waals surface area contributed by atoms with E-state index in [1.54, 1.807) is 0 Å². The lowest BCUT2D eigenvalue weighted by molar-refractivity contribution is 0.227. The van der Waals surface area contributed by atoms with Gasteiger partial charge in [0, 0.05) is 18.7 Å². The Morgan fingerprint density at radius 1 is 1.33 bits per heavy atom. The Morgan fingerprint density at radius 2 is 2.17 bits per heavy atom. The first-order valence-corrected chi connectivity index (χ1v) is 6.05. The number of ether oxygens (including phenoxy) is 1. The van der Waals surface area contributed by atoms with E-state index in [2.05, 4.69) is 16.0 Å². The van der Waals surface area contributed by atoms with Crippen molar-refractivity contribution in [1.29, 1.82) is 0 Å². The van der Waals surface area contributed by atoms with Gasteiger partial charge >= 0.3 is 0 Å². The Hall–Kier alpha value is -1.94. The minimum absolute atomic E-state index is 0.0902.